The van der Waals surface area contributed by atoms with E-state index in [0.29, 0.717) is 17.9 Å². The minimum absolute atomic E-state index is 0.184. The van der Waals surface area contributed by atoms with Gasteiger partial charge >= 0.3 is 0 Å². The Hall–Kier alpha value is -3.56. The standard InChI is InChI=1S/C24H22N4O2/c1-14-5-4-6-17(15(14)2)23-24-27-21(13-28(24)9-10-30-23)20-11-18-19(26-20)8-7-16(12-25)22(18)29-3/h4-8,11,13,23,26H,9-10H2,1-3H3. The first kappa shape index (κ1) is 18.5. The molecule has 0 amide bonds. The van der Waals surface area contributed by atoms with E-state index in [0.717, 1.165) is 40.2 Å². The summed E-state index contributed by atoms with van der Waals surface area (Å²) < 4.78 is 13.8. The molecule has 0 saturated heterocycles. The van der Waals surface area contributed by atoms with E-state index >= 15 is 0 Å². The van der Waals surface area contributed by atoms with Gasteiger partial charge in [0.15, 0.2) is 0 Å². The van der Waals surface area contributed by atoms with Crippen molar-refractivity contribution in [3.8, 4) is 23.2 Å². The largest absolute Gasteiger partial charge is 0.495 e. The number of rotatable bonds is 3. The number of ether oxygens (including phenoxy) is 2. The van der Waals surface area contributed by atoms with Crippen LogP contribution in [0.2, 0.25) is 0 Å². The van der Waals surface area contributed by atoms with Crippen molar-refractivity contribution in [2.75, 3.05) is 13.7 Å². The van der Waals surface area contributed by atoms with E-state index in [-0.39, 0.29) is 6.10 Å². The van der Waals surface area contributed by atoms with Crippen LogP contribution in [0.5, 0.6) is 5.75 Å². The number of fused-ring (bicyclic) bond motifs is 2. The highest BCUT2D eigenvalue weighted by Crippen LogP contribution is 2.36. The zero-order chi connectivity index (χ0) is 20.8. The molecule has 30 heavy (non-hydrogen) atoms. The molecule has 150 valence electrons. The zero-order valence-corrected chi connectivity index (χ0v) is 17.2. The summed E-state index contributed by atoms with van der Waals surface area (Å²) in [4.78, 5) is 8.36. The van der Waals surface area contributed by atoms with Crippen molar-refractivity contribution in [1.82, 2.24) is 14.5 Å². The Balaban J connectivity index is 1.61. The number of aryl methyl sites for hydroxylation is 1. The fraction of sp³-hybridized carbons (Fsp3) is 0.250. The van der Waals surface area contributed by atoms with Gasteiger partial charge in [-0.25, -0.2) is 4.98 Å². The average Bonchev–Trinajstić information content (AvgIpc) is 3.38. The van der Waals surface area contributed by atoms with E-state index in [1.165, 1.54) is 11.1 Å². The molecule has 2 aromatic carbocycles. The minimum Gasteiger partial charge on any atom is -0.495 e. The van der Waals surface area contributed by atoms with Gasteiger partial charge in [-0.15, -0.1) is 0 Å². The van der Waals surface area contributed by atoms with Crippen molar-refractivity contribution in [3.05, 3.63) is 70.7 Å². The highest BCUT2D eigenvalue weighted by molar-refractivity contribution is 5.92. The number of nitrogens with zero attached hydrogens (tertiary/aromatic N) is 3. The highest BCUT2D eigenvalue weighted by Gasteiger charge is 2.27. The van der Waals surface area contributed by atoms with E-state index in [1.54, 1.807) is 13.2 Å². The molecule has 0 saturated carbocycles. The lowest BCUT2D eigenvalue weighted by atomic mass is 9.98. The summed E-state index contributed by atoms with van der Waals surface area (Å²) in [6, 6.07) is 14.2. The maximum absolute atomic E-state index is 9.35. The van der Waals surface area contributed by atoms with E-state index in [4.69, 9.17) is 14.5 Å². The van der Waals surface area contributed by atoms with Crippen LogP contribution in [0.1, 0.15) is 34.2 Å². The van der Waals surface area contributed by atoms with Crippen molar-refractivity contribution >= 4 is 10.9 Å². The molecule has 4 aromatic rings. The number of hydrogen-bond acceptors (Lipinski definition) is 4. The van der Waals surface area contributed by atoms with E-state index in [9.17, 15) is 5.26 Å². The van der Waals surface area contributed by atoms with E-state index in [2.05, 4.69) is 53.9 Å². The predicted molar refractivity (Wildman–Crippen MR) is 114 cm³/mol. The first-order valence-corrected chi connectivity index (χ1v) is 9.95. The average molecular weight is 398 g/mol. The van der Waals surface area contributed by atoms with Crippen molar-refractivity contribution in [1.29, 1.82) is 5.26 Å². The summed E-state index contributed by atoms with van der Waals surface area (Å²) in [6.45, 7) is 5.67. The number of methoxy groups -OCH3 is 1. The monoisotopic (exact) mass is 398 g/mol. The van der Waals surface area contributed by atoms with Crippen LogP contribution in [0, 0.1) is 25.2 Å². The minimum atomic E-state index is -0.184. The van der Waals surface area contributed by atoms with Gasteiger partial charge in [0.25, 0.3) is 0 Å². The summed E-state index contributed by atoms with van der Waals surface area (Å²) in [5.74, 6) is 1.49. The lowest BCUT2D eigenvalue weighted by Crippen LogP contribution is -2.23. The topological polar surface area (TPSA) is 75.9 Å². The number of nitrogens with one attached hydrogen (secondary N) is 1. The van der Waals surface area contributed by atoms with Gasteiger partial charge < -0.3 is 19.0 Å². The van der Waals surface area contributed by atoms with Crippen molar-refractivity contribution in [3.63, 3.8) is 0 Å². The molecule has 0 aliphatic carbocycles. The third-order valence-electron chi connectivity index (χ3n) is 5.94. The van der Waals surface area contributed by atoms with Gasteiger partial charge in [0, 0.05) is 23.6 Å². The Labute approximate surface area is 174 Å². The van der Waals surface area contributed by atoms with Crippen LogP contribution in [-0.4, -0.2) is 28.3 Å². The van der Waals surface area contributed by atoms with Crippen LogP contribution in [0.4, 0.5) is 0 Å². The summed E-state index contributed by atoms with van der Waals surface area (Å²) in [5.41, 5.74) is 6.81. The molecule has 0 bridgehead atoms. The third-order valence-corrected chi connectivity index (χ3v) is 5.94. The van der Waals surface area contributed by atoms with Gasteiger partial charge in [0.05, 0.1) is 25.0 Å². The molecule has 1 aliphatic rings. The van der Waals surface area contributed by atoms with Gasteiger partial charge in [0.1, 0.15) is 29.4 Å². The third kappa shape index (κ3) is 2.78. The number of aromatic amines is 1. The molecular weight excluding hydrogens is 376 g/mol. The van der Waals surface area contributed by atoms with Crippen molar-refractivity contribution < 1.29 is 9.47 Å². The van der Waals surface area contributed by atoms with Crippen molar-refractivity contribution in [2.45, 2.75) is 26.5 Å². The molecule has 3 heterocycles. The lowest BCUT2D eigenvalue weighted by molar-refractivity contribution is 0.0426. The number of hydrogen-bond donors (Lipinski definition) is 1. The fourth-order valence-corrected chi connectivity index (χ4v) is 4.20. The molecule has 2 aromatic heterocycles. The quantitative estimate of drug-likeness (QED) is 0.545. The maximum Gasteiger partial charge on any atom is 0.146 e. The Morgan fingerprint density at radius 2 is 2.13 bits per heavy atom. The summed E-state index contributed by atoms with van der Waals surface area (Å²) in [6.07, 6.45) is 1.88. The van der Waals surface area contributed by atoms with Gasteiger partial charge in [-0.1, -0.05) is 18.2 Å². The highest BCUT2D eigenvalue weighted by atomic mass is 16.5. The Kier molecular flexibility index (Phi) is 4.34. The Bertz CT molecular complexity index is 1310. The molecule has 1 unspecified atom stereocenters. The maximum atomic E-state index is 9.35. The van der Waals surface area contributed by atoms with Crippen LogP contribution in [0.15, 0.2) is 42.6 Å². The molecule has 5 rings (SSSR count). The number of nitriles is 1. The summed E-state index contributed by atoms with van der Waals surface area (Å²) in [5, 5.41) is 10.2. The van der Waals surface area contributed by atoms with Crippen LogP contribution in [-0.2, 0) is 11.3 Å². The fourth-order valence-electron chi connectivity index (χ4n) is 4.20. The molecule has 0 spiro atoms. The van der Waals surface area contributed by atoms with E-state index in [1.807, 2.05) is 12.1 Å². The summed E-state index contributed by atoms with van der Waals surface area (Å²) >= 11 is 0. The van der Waals surface area contributed by atoms with Gasteiger partial charge in [-0.2, -0.15) is 5.26 Å². The summed E-state index contributed by atoms with van der Waals surface area (Å²) in [7, 11) is 1.59. The van der Waals surface area contributed by atoms with Crippen LogP contribution < -0.4 is 4.74 Å². The normalized spacial score (nSPS) is 15.7. The lowest BCUT2D eigenvalue weighted by Gasteiger charge is -2.26. The van der Waals surface area contributed by atoms with Gasteiger partial charge in [-0.3, -0.25) is 0 Å². The number of aromatic nitrogens is 3. The molecule has 1 N–H and O–H groups in total. The zero-order valence-electron chi connectivity index (χ0n) is 17.2. The number of benzene rings is 2. The van der Waals surface area contributed by atoms with E-state index < -0.39 is 0 Å². The molecule has 0 radical (unpaired) electrons. The SMILES string of the molecule is COc1c(C#N)ccc2[nH]c(-c3cn4c(n3)C(c3cccc(C)c3C)OCC4)cc12. The first-order valence-electron chi connectivity index (χ1n) is 9.95. The molecule has 1 aliphatic heterocycles. The Morgan fingerprint density at radius 1 is 1.27 bits per heavy atom. The van der Waals surface area contributed by atoms with Crippen LogP contribution in [0.3, 0.4) is 0 Å². The van der Waals surface area contributed by atoms with Gasteiger partial charge in [-0.05, 0) is 48.7 Å². The number of imidazole rings is 1. The molecule has 1 atom stereocenters. The van der Waals surface area contributed by atoms with Crippen LogP contribution in [0.25, 0.3) is 22.3 Å². The second kappa shape index (κ2) is 7.05. The molecular formula is C24H22N4O2. The predicted octanol–water partition coefficient (Wildman–Crippen LogP) is 4.65. The smallest absolute Gasteiger partial charge is 0.146 e. The molecule has 6 nitrogen and oxygen atoms in total. The second-order valence-corrected chi connectivity index (χ2v) is 7.62. The molecule has 0 fully saturated rings. The first-order chi connectivity index (χ1) is 14.6. The van der Waals surface area contributed by atoms with Crippen molar-refractivity contribution in [2.24, 2.45) is 0 Å². The van der Waals surface area contributed by atoms with Gasteiger partial charge in [0.2, 0.25) is 0 Å². The Morgan fingerprint density at radius 3 is 2.93 bits per heavy atom. The van der Waals surface area contributed by atoms with Crippen LogP contribution >= 0.6 is 0 Å². The second-order valence-electron chi connectivity index (χ2n) is 7.62. The number of H-pyrrole nitrogens is 1. The molecule has 6 heteroatoms.